The second-order valence-corrected chi connectivity index (χ2v) is 4.40. The van der Waals surface area contributed by atoms with E-state index in [0.29, 0.717) is 23.7 Å². The zero-order valence-electron chi connectivity index (χ0n) is 12.2. The lowest BCUT2D eigenvalue weighted by Gasteiger charge is -2.09. The first kappa shape index (κ1) is 14.9. The van der Waals surface area contributed by atoms with Crippen molar-refractivity contribution in [3.8, 4) is 11.5 Å². The summed E-state index contributed by atoms with van der Waals surface area (Å²) < 4.78 is 10.7. The molecule has 0 aliphatic rings. The SMILES string of the molecule is CCOc1ccc(C(=O)C=Cc2ccccc2)c(OC)c1. The smallest absolute Gasteiger partial charge is 0.189 e. The Morgan fingerprint density at radius 2 is 1.90 bits per heavy atom. The van der Waals surface area contributed by atoms with Crippen LogP contribution in [0.4, 0.5) is 0 Å². The van der Waals surface area contributed by atoms with Gasteiger partial charge in [0, 0.05) is 6.07 Å². The molecular formula is C18H18O3. The molecule has 0 N–H and O–H groups in total. The standard InChI is InChI=1S/C18H18O3/c1-3-21-15-10-11-16(18(13-15)20-2)17(19)12-9-14-7-5-4-6-8-14/h4-13H,3H2,1-2H3. The highest BCUT2D eigenvalue weighted by molar-refractivity contribution is 6.08. The topological polar surface area (TPSA) is 35.5 Å². The summed E-state index contributed by atoms with van der Waals surface area (Å²) in [6.07, 6.45) is 3.34. The first-order valence-corrected chi connectivity index (χ1v) is 6.83. The lowest BCUT2D eigenvalue weighted by molar-refractivity contribution is 0.104. The van der Waals surface area contributed by atoms with Crippen molar-refractivity contribution >= 4 is 11.9 Å². The largest absolute Gasteiger partial charge is 0.496 e. The van der Waals surface area contributed by atoms with E-state index in [1.54, 1.807) is 37.5 Å². The zero-order chi connectivity index (χ0) is 15.1. The minimum Gasteiger partial charge on any atom is -0.496 e. The fraction of sp³-hybridized carbons (Fsp3) is 0.167. The molecule has 0 aliphatic carbocycles. The first-order valence-electron chi connectivity index (χ1n) is 6.83. The van der Waals surface area contributed by atoms with E-state index in [1.165, 1.54) is 0 Å². The number of hydrogen-bond acceptors (Lipinski definition) is 3. The van der Waals surface area contributed by atoms with E-state index in [1.807, 2.05) is 37.3 Å². The van der Waals surface area contributed by atoms with E-state index in [-0.39, 0.29) is 5.78 Å². The van der Waals surface area contributed by atoms with Crippen LogP contribution >= 0.6 is 0 Å². The van der Waals surface area contributed by atoms with Gasteiger partial charge in [0.25, 0.3) is 0 Å². The summed E-state index contributed by atoms with van der Waals surface area (Å²) in [5.74, 6) is 1.11. The maximum atomic E-state index is 12.3. The Morgan fingerprint density at radius 3 is 2.57 bits per heavy atom. The van der Waals surface area contributed by atoms with E-state index in [2.05, 4.69) is 0 Å². The number of carbonyl (C=O) groups is 1. The predicted octanol–water partition coefficient (Wildman–Crippen LogP) is 3.99. The lowest BCUT2D eigenvalue weighted by Crippen LogP contribution is -2.00. The van der Waals surface area contributed by atoms with Crippen molar-refractivity contribution in [3.63, 3.8) is 0 Å². The molecule has 3 heteroatoms. The van der Waals surface area contributed by atoms with Crippen LogP contribution in [0.2, 0.25) is 0 Å². The number of ketones is 1. The van der Waals surface area contributed by atoms with Gasteiger partial charge in [0.15, 0.2) is 5.78 Å². The first-order chi connectivity index (χ1) is 10.2. The number of ether oxygens (including phenoxy) is 2. The van der Waals surface area contributed by atoms with Crippen LogP contribution in [0.5, 0.6) is 11.5 Å². The van der Waals surface area contributed by atoms with Crippen molar-refractivity contribution in [2.75, 3.05) is 13.7 Å². The summed E-state index contributed by atoms with van der Waals surface area (Å²) >= 11 is 0. The average molecular weight is 282 g/mol. The van der Waals surface area contributed by atoms with Crippen molar-refractivity contribution in [1.82, 2.24) is 0 Å². The highest BCUT2D eigenvalue weighted by Gasteiger charge is 2.10. The molecule has 3 nitrogen and oxygen atoms in total. The van der Waals surface area contributed by atoms with Gasteiger partial charge in [-0.15, -0.1) is 0 Å². The van der Waals surface area contributed by atoms with Gasteiger partial charge in [-0.2, -0.15) is 0 Å². The summed E-state index contributed by atoms with van der Waals surface area (Å²) in [7, 11) is 1.54. The Labute approximate surface area is 124 Å². The van der Waals surface area contributed by atoms with Crippen LogP contribution in [-0.2, 0) is 0 Å². The fourth-order valence-electron chi connectivity index (χ4n) is 1.96. The molecule has 0 saturated carbocycles. The van der Waals surface area contributed by atoms with Crippen LogP contribution in [0.1, 0.15) is 22.8 Å². The molecule has 0 spiro atoms. The van der Waals surface area contributed by atoms with Gasteiger partial charge in [-0.1, -0.05) is 36.4 Å². The Morgan fingerprint density at radius 1 is 1.14 bits per heavy atom. The third-order valence-corrected chi connectivity index (χ3v) is 2.98. The van der Waals surface area contributed by atoms with Crippen molar-refractivity contribution in [2.24, 2.45) is 0 Å². The molecule has 2 aromatic carbocycles. The lowest BCUT2D eigenvalue weighted by atomic mass is 10.1. The Bertz CT molecular complexity index is 630. The van der Waals surface area contributed by atoms with Crippen molar-refractivity contribution in [1.29, 1.82) is 0 Å². The zero-order valence-corrected chi connectivity index (χ0v) is 12.2. The second-order valence-electron chi connectivity index (χ2n) is 4.40. The summed E-state index contributed by atoms with van der Waals surface area (Å²) in [5.41, 5.74) is 1.50. The predicted molar refractivity (Wildman–Crippen MR) is 84.0 cm³/mol. The third-order valence-electron chi connectivity index (χ3n) is 2.98. The van der Waals surface area contributed by atoms with Gasteiger partial charge in [-0.05, 0) is 30.7 Å². The number of carbonyl (C=O) groups excluding carboxylic acids is 1. The minimum absolute atomic E-state index is 0.0984. The monoisotopic (exact) mass is 282 g/mol. The molecule has 0 unspecified atom stereocenters. The Balaban J connectivity index is 2.20. The molecule has 0 aliphatic heterocycles. The van der Waals surface area contributed by atoms with Crippen molar-refractivity contribution in [2.45, 2.75) is 6.92 Å². The molecule has 0 bridgehead atoms. The fourth-order valence-corrected chi connectivity index (χ4v) is 1.96. The molecule has 0 heterocycles. The van der Waals surface area contributed by atoms with E-state index in [0.717, 1.165) is 5.56 Å². The van der Waals surface area contributed by atoms with Crippen LogP contribution in [0, 0.1) is 0 Å². The number of benzene rings is 2. The van der Waals surface area contributed by atoms with Crippen LogP contribution in [-0.4, -0.2) is 19.5 Å². The summed E-state index contributed by atoms with van der Waals surface area (Å²) in [6.45, 7) is 2.48. The summed E-state index contributed by atoms with van der Waals surface area (Å²) in [6, 6.07) is 14.9. The summed E-state index contributed by atoms with van der Waals surface area (Å²) in [5, 5.41) is 0. The molecule has 2 aromatic rings. The third kappa shape index (κ3) is 3.96. The number of methoxy groups -OCH3 is 1. The average Bonchev–Trinajstić information content (AvgIpc) is 2.53. The molecule has 21 heavy (non-hydrogen) atoms. The maximum absolute atomic E-state index is 12.3. The molecule has 0 amide bonds. The number of rotatable bonds is 6. The van der Waals surface area contributed by atoms with Gasteiger partial charge in [-0.25, -0.2) is 0 Å². The van der Waals surface area contributed by atoms with Gasteiger partial charge in [0.05, 0.1) is 19.3 Å². The molecule has 0 atom stereocenters. The van der Waals surface area contributed by atoms with Crippen molar-refractivity contribution < 1.29 is 14.3 Å². The molecule has 2 rings (SSSR count). The quantitative estimate of drug-likeness (QED) is 0.593. The van der Waals surface area contributed by atoms with Gasteiger partial charge < -0.3 is 9.47 Å². The molecular weight excluding hydrogens is 264 g/mol. The van der Waals surface area contributed by atoms with E-state index >= 15 is 0 Å². The minimum atomic E-state index is -0.0984. The maximum Gasteiger partial charge on any atom is 0.189 e. The summed E-state index contributed by atoms with van der Waals surface area (Å²) in [4.78, 5) is 12.3. The van der Waals surface area contributed by atoms with Crippen LogP contribution < -0.4 is 9.47 Å². The normalized spacial score (nSPS) is 10.6. The molecule has 108 valence electrons. The van der Waals surface area contributed by atoms with Crippen molar-refractivity contribution in [3.05, 3.63) is 65.7 Å². The Hall–Kier alpha value is -2.55. The Kier molecular flexibility index (Phi) is 5.16. The van der Waals surface area contributed by atoms with Crippen LogP contribution in [0.25, 0.3) is 6.08 Å². The second kappa shape index (κ2) is 7.29. The molecule has 0 saturated heterocycles. The van der Waals surface area contributed by atoms with Gasteiger partial charge in [0.2, 0.25) is 0 Å². The van der Waals surface area contributed by atoms with E-state index < -0.39 is 0 Å². The van der Waals surface area contributed by atoms with E-state index in [9.17, 15) is 4.79 Å². The number of hydrogen-bond donors (Lipinski definition) is 0. The highest BCUT2D eigenvalue weighted by Crippen LogP contribution is 2.25. The van der Waals surface area contributed by atoms with E-state index in [4.69, 9.17) is 9.47 Å². The van der Waals surface area contributed by atoms with Crippen LogP contribution in [0.3, 0.4) is 0 Å². The highest BCUT2D eigenvalue weighted by atomic mass is 16.5. The molecule has 0 aromatic heterocycles. The van der Waals surface area contributed by atoms with Gasteiger partial charge in [0.1, 0.15) is 11.5 Å². The number of allylic oxidation sites excluding steroid dienone is 1. The van der Waals surface area contributed by atoms with Gasteiger partial charge in [-0.3, -0.25) is 4.79 Å². The van der Waals surface area contributed by atoms with Crippen LogP contribution in [0.15, 0.2) is 54.6 Å². The molecule has 0 fully saturated rings. The van der Waals surface area contributed by atoms with Gasteiger partial charge >= 0.3 is 0 Å². The molecule has 0 radical (unpaired) electrons.